The Kier molecular flexibility index (Phi) is 6.14. The average Bonchev–Trinajstić information content (AvgIpc) is 3.37. The molecule has 2 aromatic carbocycles. The summed E-state index contributed by atoms with van der Waals surface area (Å²) in [6.45, 7) is 4.26. The van der Waals surface area contributed by atoms with Gasteiger partial charge in [-0.25, -0.2) is 9.78 Å². The Morgan fingerprint density at radius 1 is 1.18 bits per heavy atom. The maximum atomic E-state index is 13.3. The predicted octanol–water partition coefficient (Wildman–Crippen LogP) is 6.68. The second kappa shape index (κ2) is 8.49. The Hall–Kier alpha value is -2.29. The van der Waals surface area contributed by atoms with Gasteiger partial charge >= 0.3 is 12.1 Å². The summed E-state index contributed by atoms with van der Waals surface area (Å²) in [6.07, 6.45) is -4.68. The van der Waals surface area contributed by atoms with E-state index < -0.39 is 23.8 Å². The van der Waals surface area contributed by atoms with E-state index in [4.69, 9.17) is 32.4 Å². The summed E-state index contributed by atoms with van der Waals surface area (Å²) in [5.74, 6) is -0.340. The van der Waals surface area contributed by atoms with Crippen molar-refractivity contribution in [3.63, 3.8) is 0 Å². The fourth-order valence-electron chi connectivity index (χ4n) is 3.67. The van der Waals surface area contributed by atoms with Crippen LogP contribution in [0.5, 0.6) is 0 Å². The van der Waals surface area contributed by atoms with Gasteiger partial charge in [0, 0.05) is 28.7 Å². The number of hydrogen-bond acceptors (Lipinski definition) is 5. The largest absolute Gasteiger partial charge is 0.457 e. The van der Waals surface area contributed by atoms with Gasteiger partial charge in [-0.3, -0.25) is 4.90 Å². The van der Waals surface area contributed by atoms with E-state index in [0.29, 0.717) is 39.0 Å². The van der Waals surface area contributed by atoms with Crippen LogP contribution in [0.25, 0.3) is 22.6 Å². The normalized spacial score (nSPS) is 17.6. The van der Waals surface area contributed by atoms with Crippen LogP contribution in [0, 0.1) is 6.92 Å². The van der Waals surface area contributed by atoms with E-state index >= 15 is 0 Å². The molecule has 1 atom stereocenters. The van der Waals surface area contributed by atoms with Gasteiger partial charge in [0.1, 0.15) is 17.2 Å². The van der Waals surface area contributed by atoms with Gasteiger partial charge in [0.05, 0.1) is 5.56 Å². The number of rotatable bonds is 4. The van der Waals surface area contributed by atoms with E-state index in [1.54, 1.807) is 31.2 Å². The first-order valence-electron chi connectivity index (χ1n) is 10.3. The Morgan fingerprint density at radius 3 is 2.48 bits per heavy atom. The predicted molar refractivity (Wildman–Crippen MR) is 120 cm³/mol. The van der Waals surface area contributed by atoms with Crippen LogP contribution in [-0.2, 0) is 4.74 Å². The van der Waals surface area contributed by atoms with Crippen molar-refractivity contribution >= 4 is 40.3 Å². The minimum absolute atomic E-state index is 0.0158. The number of likely N-dealkylation sites (tertiary alicyclic amines) is 1. The van der Waals surface area contributed by atoms with Crippen LogP contribution < -0.4 is 0 Å². The number of carbonyl (C=O) groups is 1. The number of aromatic nitrogens is 1. The molecule has 0 aliphatic carbocycles. The molecule has 0 bridgehead atoms. The van der Waals surface area contributed by atoms with Crippen LogP contribution in [0.15, 0.2) is 34.7 Å². The Labute approximate surface area is 198 Å². The molecule has 33 heavy (non-hydrogen) atoms. The molecule has 1 unspecified atom stereocenters. The van der Waals surface area contributed by atoms with Crippen molar-refractivity contribution in [3.05, 3.63) is 51.5 Å². The van der Waals surface area contributed by atoms with Crippen molar-refractivity contribution in [3.8, 4) is 11.5 Å². The molecule has 0 N–H and O–H groups in total. The minimum atomic E-state index is -4.38. The van der Waals surface area contributed by atoms with Crippen molar-refractivity contribution in [1.29, 1.82) is 0 Å². The number of halogens is 5. The van der Waals surface area contributed by atoms with Gasteiger partial charge in [-0.1, -0.05) is 23.2 Å². The van der Waals surface area contributed by atoms with Gasteiger partial charge in [-0.2, -0.15) is 13.2 Å². The third-order valence-corrected chi connectivity index (χ3v) is 6.84. The maximum absolute atomic E-state index is 13.3. The van der Waals surface area contributed by atoms with Crippen LogP contribution >= 0.6 is 23.2 Å². The lowest BCUT2D eigenvalue weighted by atomic mass is 10.0. The zero-order valence-corrected chi connectivity index (χ0v) is 19.6. The lowest BCUT2D eigenvalue weighted by Gasteiger charge is -2.36. The van der Waals surface area contributed by atoms with Crippen molar-refractivity contribution in [1.82, 2.24) is 9.88 Å². The van der Waals surface area contributed by atoms with Crippen LogP contribution in [0.1, 0.15) is 36.2 Å². The molecular weight excluding hydrogens is 480 g/mol. The highest BCUT2D eigenvalue weighted by atomic mass is 35.5. The third kappa shape index (κ3) is 4.56. The fourth-order valence-corrected chi connectivity index (χ4v) is 4.16. The third-order valence-electron chi connectivity index (χ3n) is 6.06. The van der Waals surface area contributed by atoms with Crippen molar-refractivity contribution < 1.29 is 27.1 Å². The van der Waals surface area contributed by atoms with Gasteiger partial charge < -0.3 is 9.15 Å². The monoisotopic (exact) mass is 500 g/mol. The molecule has 176 valence electrons. The molecule has 1 aliphatic rings. The molecule has 0 amide bonds. The van der Waals surface area contributed by atoms with Crippen molar-refractivity contribution in [2.24, 2.45) is 0 Å². The maximum Gasteiger partial charge on any atom is 0.406 e. The lowest BCUT2D eigenvalue weighted by molar-refractivity contribution is -0.218. The Morgan fingerprint density at radius 2 is 1.85 bits per heavy atom. The fraction of sp³-hybridized carbons (Fsp3) is 0.391. The average molecular weight is 501 g/mol. The number of ether oxygens (including phenoxy) is 1. The molecule has 2 heterocycles. The van der Waals surface area contributed by atoms with Gasteiger partial charge in [-0.05, 0) is 63.1 Å². The quantitative estimate of drug-likeness (QED) is 0.374. The molecule has 4 rings (SSSR count). The van der Waals surface area contributed by atoms with Crippen molar-refractivity contribution in [2.45, 2.75) is 45.0 Å². The molecule has 1 aliphatic heterocycles. The summed E-state index contributed by atoms with van der Waals surface area (Å²) in [4.78, 5) is 18.3. The number of hydrogen-bond donors (Lipinski definition) is 0. The summed E-state index contributed by atoms with van der Waals surface area (Å²) in [6, 6.07) is 8.04. The van der Waals surface area contributed by atoms with Crippen LogP contribution in [0.2, 0.25) is 10.0 Å². The highest BCUT2D eigenvalue weighted by Gasteiger charge is 2.53. The van der Waals surface area contributed by atoms with Crippen LogP contribution in [-0.4, -0.2) is 46.8 Å². The number of oxazole rings is 1. The van der Waals surface area contributed by atoms with Gasteiger partial charge in [0.15, 0.2) is 5.58 Å². The zero-order valence-electron chi connectivity index (χ0n) is 18.1. The van der Waals surface area contributed by atoms with E-state index in [-0.39, 0.29) is 18.7 Å². The molecule has 10 heteroatoms. The van der Waals surface area contributed by atoms with Gasteiger partial charge in [-0.15, -0.1) is 0 Å². The van der Waals surface area contributed by atoms with E-state index in [2.05, 4.69) is 4.98 Å². The smallest absolute Gasteiger partial charge is 0.406 e. The van der Waals surface area contributed by atoms with E-state index in [9.17, 15) is 18.0 Å². The first kappa shape index (κ1) is 23.9. The van der Waals surface area contributed by atoms with Crippen LogP contribution in [0.4, 0.5) is 13.2 Å². The standard InChI is InChI=1S/C23H21Cl2F3N2O3/c1-12-16(24)8-14(9-17(12)25)20-29-18-5-4-13(10-19(18)33-20)21(31)32-15-6-7-30(11-15)22(2,3)23(26,27)28/h4-5,8-10,15H,6-7,11H2,1-3H3. The second-order valence-electron chi connectivity index (χ2n) is 8.59. The number of benzene rings is 2. The number of alkyl halides is 3. The molecule has 1 saturated heterocycles. The summed E-state index contributed by atoms with van der Waals surface area (Å²) in [5, 5.41) is 0.951. The van der Waals surface area contributed by atoms with Gasteiger partial charge in [0.2, 0.25) is 5.89 Å². The Balaban J connectivity index is 1.50. The molecule has 3 aromatic rings. The topological polar surface area (TPSA) is 55.6 Å². The molecule has 0 radical (unpaired) electrons. The van der Waals surface area contributed by atoms with Crippen molar-refractivity contribution in [2.75, 3.05) is 13.1 Å². The first-order valence-corrected chi connectivity index (χ1v) is 11.0. The molecule has 0 spiro atoms. The summed E-state index contributed by atoms with van der Waals surface area (Å²) in [5.41, 5.74) is 0.442. The molecule has 5 nitrogen and oxygen atoms in total. The minimum Gasteiger partial charge on any atom is -0.457 e. The molecule has 1 fully saturated rings. The highest BCUT2D eigenvalue weighted by Crippen LogP contribution is 2.37. The number of nitrogens with zero attached hydrogens (tertiary/aromatic N) is 2. The molecular formula is C23H21Cl2F3N2O3. The number of fused-ring (bicyclic) bond motifs is 1. The lowest BCUT2D eigenvalue weighted by Crippen LogP contribution is -2.53. The van der Waals surface area contributed by atoms with E-state index in [1.165, 1.54) is 11.0 Å². The van der Waals surface area contributed by atoms with E-state index in [0.717, 1.165) is 19.4 Å². The first-order chi connectivity index (χ1) is 15.4. The second-order valence-corrected chi connectivity index (χ2v) is 9.40. The van der Waals surface area contributed by atoms with E-state index in [1.807, 2.05) is 0 Å². The van der Waals surface area contributed by atoms with Crippen LogP contribution in [0.3, 0.4) is 0 Å². The molecule has 1 aromatic heterocycles. The number of carbonyl (C=O) groups excluding carboxylic acids is 1. The molecule has 0 saturated carbocycles. The number of esters is 1. The van der Waals surface area contributed by atoms with Gasteiger partial charge in [0.25, 0.3) is 0 Å². The zero-order chi connectivity index (χ0) is 24.1. The summed E-state index contributed by atoms with van der Waals surface area (Å²) >= 11 is 12.4. The SMILES string of the molecule is Cc1c(Cl)cc(-c2nc3ccc(C(=O)OC4CCN(C(C)(C)C(F)(F)F)C4)cc3o2)cc1Cl. The summed E-state index contributed by atoms with van der Waals surface area (Å²) in [7, 11) is 0. The Bertz CT molecular complexity index is 1200. The highest BCUT2D eigenvalue weighted by molar-refractivity contribution is 6.36. The summed E-state index contributed by atoms with van der Waals surface area (Å²) < 4.78 is 51.2.